The van der Waals surface area contributed by atoms with E-state index in [1.54, 1.807) is 0 Å². The lowest BCUT2D eigenvalue weighted by molar-refractivity contribution is -0.144. The summed E-state index contributed by atoms with van der Waals surface area (Å²) in [5.74, 6) is -6.65. The second-order valence-corrected chi connectivity index (χ2v) is 6.68. The number of aliphatic hydroxyl groups excluding tert-OH is 1. The molecule has 0 aromatic heterocycles. The second kappa shape index (κ2) is 12.6. The van der Waals surface area contributed by atoms with E-state index in [9.17, 15) is 33.9 Å². The van der Waals surface area contributed by atoms with E-state index in [1.165, 1.54) is 0 Å². The first-order chi connectivity index (χ1) is 13.8. The second-order valence-electron chi connectivity index (χ2n) is 6.32. The van der Waals surface area contributed by atoms with Gasteiger partial charge in [0, 0.05) is 5.75 Å². The molecule has 0 aliphatic carbocycles. The minimum absolute atomic E-state index is 0.0636. The molecular weight excluding hydrogens is 424 g/mol. The number of carbonyl (C=O) groups is 6. The predicted octanol–water partition coefficient (Wildman–Crippen LogP) is -5.09. The van der Waals surface area contributed by atoms with Crippen LogP contribution in [0, 0.1) is 0 Å². The van der Waals surface area contributed by atoms with Crippen molar-refractivity contribution < 1.29 is 39.0 Å². The van der Waals surface area contributed by atoms with Crippen molar-refractivity contribution in [1.82, 2.24) is 16.0 Å². The van der Waals surface area contributed by atoms with Crippen molar-refractivity contribution in [2.75, 3.05) is 5.75 Å². The smallest absolute Gasteiger partial charge is 0.326 e. The van der Waals surface area contributed by atoms with Crippen LogP contribution < -0.4 is 33.2 Å². The highest BCUT2D eigenvalue weighted by molar-refractivity contribution is 7.80. The van der Waals surface area contributed by atoms with E-state index in [0.717, 1.165) is 6.92 Å². The molecule has 5 amide bonds. The average molecular weight is 450 g/mol. The molecule has 30 heavy (non-hydrogen) atoms. The molecule has 0 aliphatic heterocycles. The fraction of sp³-hybridized carbons (Fsp3) is 0.600. The van der Waals surface area contributed by atoms with E-state index >= 15 is 0 Å². The van der Waals surface area contributed by atoms with Crippen LogP contribution >= 0.6 is 12.6 Å². The van der Waals surface area contributed by atoms with Crippen LogP contribution in [0.5, 0.6) is 0 Å². The van der Waals surface area contributed by atoms with Crippen LogP contribution in [0.2, 0.25) is 0 Å². The minimum atomic E-state index is -1.71. The number of carboxylic acids is 1. The topological polar surface area (TPSA) is 257 Å². The summed E-state index contributed by atoms with van der Waals surface area (Å²) in [5, 5.41) is 25.1. The van der Waals surface area contributed by atoms with Crippen LogP contribution in [0.3, 0.4) is 0 Å². The standard InChI is InChI=1S/C15H26N6O8S/c1-5(22)11(14(27)20-8(15(28)29)3-10(18)24)21-13(26)7(2-9(17)23)19-12(25)6(16)4-30/h5-8,11,22,30H,2-4,16H2,1H3,(H2,17,23)(H2,18,24)(H,19,25)(H,20,27)(H,21,26)(H,28,29). The van der Waals surface area contributed by atoms with Gasteiger partial charge in [-0.15, -0.1) is 0 Å². The third-order valence-electron chi connectivity index (χ3n) is 3.65. The number of nitrogens with one attached hydrogen (secondary N) is 3. The molecule has 15 heteroatoms. The number of amides is 5. The quantitative estimate of drug-likeness (QED) is 0.121. The molecule has 0 saturated carbocycles. The molecule has 5 atom stereocenters. The van der Waals surface area contributed by atoms with Gasteiger partial charge in [-0.25, -0.2) is 4.79 Å². The van der Waals surface area contributed by atoms with Gasteiger partial charge in [0.2, 0.25) is 29.5 Å². The van der Waals surface area contributed by atoms with Crippen molar-refractivity contribution >= 4 is 48.1 Å². The van der Waals surface area contributed by atoms with Crippen LogP contribution in [0.4, 0.5) is 0 Å². The molecule has 170 valence electrons. The van der Waals surface area contributed by atoms with Gasteiger partial charge in [-0.1, -0.05) is 0 Å². The van der Waals surface area contributed by atoms with Crippen molar-refractivity contribution in [3.63, 3.8) is 0 Å². The zero-order chi connectivity index (χ0) is 23.6. The Morgan fingerprint density at radius 2 is 1.33 bits per heavy atom. The third kappa shape index (κ3) is 9.53. The van der Waals surface area contributed by atoms with Crippen LogP contribution in [0.25, 0.3) is 0 Å². The normalized spacial score (nSPS) is 15.6. The Balaban J connectivity index is 5.42. The molecule has 0 rings (SSSR count). The van der Waals surface area contributed by atoms with Gasteiger partial charge in [0.15, 0.2) is 0 Å². The molecule has 0 spiro atoms. The largest absolute Gasteiger partial charge is 0.480 e. The van der Waals surface area contributed by atoms with Gasteiger partial charge in [-0.2, -0.15) is 12.6 Å². The third-order valence-corrected chi connectivity index (χ3v) is 4.05. The van der Waals surface area contributed by atoms with Crippen molar-refractivity contribution in [2.45, 2.75) is 50.0 Å². The number of primary amides is 2. The Hall–Kier alpha value is -2.91. The zero-order valence-electron chi connectivity index (χ0n) is 16.0. The van der Waals surface area contributed by atoms with Crippen molar-refractivity contribution in [1.29, 1.82) is 0 Å². The van der Waals surface area contributed by atoms with Gasteiger partial charge in [0.25, 0.3) is 0 Å². The zero-order valence-corrected chi connectivity index (χ0v) is 16.9. The number of carbonyl (C=O) groups excluding carboxylic acids is 5. The van der Waals surface area contributed by atoms with Crippen molar-refractivity contribution in [3.8, 4) is 0 Å². The molecule has 0 heterocycles. The number of hydrogen-bond donors (Lipinski definition) is 9. The number of carboxylic acid groups (broad SMARTS) is 1. The summed E-state index contributed by atoms with van der Waals surface area (Å²) in [6.45, 7) is 1.12. The first-order valence-corrected chi connectivity index (χ1v) is 9.18. The minimum Gasteiger partial charge on any atom is -0.480 e. The Labute approximate surface area is 176 Å². The maximum Gasteiger partial charge on any atom is 0.326 e. The Kier molecular flexibility index (Phi) is 11.4. The SMILES string of the molecule is CC(O)C(NC(=O)C(CC(N)=O)NC(=O)C(N)CS)C(=O)NC(CC(N)=O)C(=O)O. The molecule has 0 radical (unpaired) electrons. The number of aliphatic hydroxyl groups is 1. The molecule has 0 saturated heterocycles. The Morgan fingerprint density at radius 3 is 1.73 bits per heavy atom. The molecule has 14 nitrogen and oxygen atoms in total. The van der Waals surface area contributed by atoms with E-state index in [4.69, 9.17) is 22.3 Å². The van der Waals surface area contributed by atoms with Crippen LogP contribution in [0.15, 0.2) is 0 Å². The summed E-state index contributed by atoms with van der Waals surface area (Å²) >= 11 is 3.84. The van der Waals surface area contributed by atoms with Crippen LogP contribution in [0.1, 0.15) is 19.8 Å². The molecule has 0 aromatic carbocycles. The summed E-state index contributed by atoms with van der Waals surface area (Å²) in [5.41, 5.74) is 15.5. The Bertz CT molecular complexity index is 688. The molecule has 0 aromatic rings. The van der Waals surface area contributed by atoms with Gasteiger partial charge >= 0.3 is 5.97 Å². The summed E-state index contributed by atoms with van der Waals surface area (Å²) in [6.07, 6.45) is -2.91. The number of aliphatic carboxylic acids is 1. The lowest BCUT2D eigenvalue weighted by Crippen LogP contribution is -2.60. The summed E-state index contributed by atoms with van der Waals surface area (Å²) in [4.78, 5) is 70.0. The van der Waals surface area contributed by atoms with Gasteiger partial charge in [0.1, 0.15) is 18.1 Å². The first kappa shape index (κ1) is 27.1. The highest BCUT2D eigenvalue weighted by atomic mass is 32.1. The maximum atomic E-state index is 12.5. The highest BCUT2D eigenvalue weighted by Crippen LogP contribution is 2.01. The molecule has 5 unspecified atom stereocenters. The molecule has 0 aliphatic rings. The van der Waals surface area contributed by atoms with Crippen LogP contribution in [-0.4, -0.2) is 81.7 Å². The number of thiol groups is 1. The van der Waals surface area contributed by atoms with Gasteiger partial charge in [-0.05, 0) is 6.92 Å². The number of nitrogens with two attached hydrogens (primary N) is 3. The fourth-order valence-electron chi connectivity index (χ4n) is 2.09. The first-order valence-electron chi connectivity index (χ1n) is 8.55. The molecule has 0 bridgehead atoms. The average Bonchev–Trinajstić information content (AvgIpc) is 2.62. The van der Waals surface area contributed by atoms with E-state index in [2.05, 4.69) is 23.3 Å². The lowest BCUT2D eigenvalue weighted by Gasteiger charge is -2.25. The fourth-order valence-corrected chi connectivity index (χ4v) is 2.26. The summed E-state index contributed by atoms with van der Waals surface area (Å²) < 4.78 is 0. The van der Waals surface area contributed by atoms with Crippen molar-refractivity contribution in [3.05, 3.63) is 0 Å². The van der Waals surface area contributed by atoms with Gasteiger partial charge < -0.3 is 43.4 Å². The van der Waals surface area contributed by atoms with E-state index in [1.807, 2.05) is 5.32 Å². The lowest BCUT2D eigenvalue weighted by atomic mass is 10.1. The monoisotopic (exact) mass is 450 g/mol. The van der Waals surface area contributed by atoms with Crippen LogP contribution in [-0.2, 0) is 28.8 Å². The maximum absolute atomic E-state index is 12.5. The number of hydrogen-bond acceptors (Lipinski definition) is 9. The van der Waals surface area contributed by atoms with E-state index in [0.29, 0.717) is 0 Å². The van der Waals surface area contributed by atoms with Gasteiger partial charge in [-0.3, -0.25) is 24.0 Å². The number of rotatable bonds is 13. The summed E-state index contributed by atoms with van der Waals surface area (Å²) in [7, 11) is 0. The van der Waals surface area contributed by atoms with E-state index in [-0.39, 0.29) is 5.75 Å². The summed E-state index contributed by atoms with van der Waals surface area (Å²) in [6, 6.07) is -6.03. The highest BCUT2D eigenvalue weighted by Gasteiger charge is 2.33. The molecule has 0 fully saturated rings. The molecule has 11 N–H and O–H groups in total. The van der Waals surface area contributed by atoms with E-state index < -0.39 is 78.6 Å². The van der Waals surface area contributed by atoms with Crippen molar-refractivity contribution in [2.24, 2.45) is 17.2 Å². The Morgan fingerprint density at radius 1 is 0.867 bits per heavy atom. The predicted molar refractivity (Wildman–Crippen MR) is 105 cm³/mol. The van der Waals surface area contributed by atoms with Gasteiger partial charge in [0.05, 0.1) is 25.0 Å². The molecular formula is C15H26N6O8S.